The number of aromatic nitrogens is 3. The predicted molar refractivity (Wildman–Crippen MR) is 89.9 cm³/mol. The second-order valence-corrected chi connectivity index (χ2v) is 7.25. The Kier molecular flexibility index (Phi) is 4.15. The van der Waals surface area contributed by atoms with Crippen LogP contribution in [0.4, 0.5) is 4.39 Å². The van der Waals surface area contributed by atoms with Crippen molar-refractivity contribution >= 4 is 22.9 Å². The third-order valence-electron chi connectivity index (χ3n) is 3.98. The molecule has 0 radical (unpaired) electrons. The van der Waals surface area contributed by atoms with Crippen LogP contribution in [0.25, 0.3) is 10.6 Å². The van der Waals surface area contributed by atoms with Crippen LogP contribution in [0.2, 0.25) is 0 Å². The molecule has 2 heterocycles. The fourth-order valence-electron chi connectivity index (χ4n) is 2.82. The lowest BCUT2D eigenvalue weighted by Gasteiger charge is -2.21. The lowest BCUT2D eigenvalue weighted by atomic mass is 9.97. The molecule has 4 rings (SSSR count). The summed E-state index contributed by atoms with van der Waals surface area (Å²) in [6.07, 6.45) is 3.31. The lowest BCUT2D eigenvalue weighted by Crippen LogP contribution is -2.24. The van der Waals surface area contributed by atoms with E-state index in [-0.39, 0.29) is 11.9 Å². The van der Waals surface area contributed by atoms with E-state index < -0.39 is 0 Å². The van der Waals surface area contributed by atoms with Crippen molar-refractivity contribution in [3.05, 3.63) is 51.7 Å². The Morgan fingerprint density at radius 3 is 2.91 bits per heavy atom. The molecule has 0 amide bonds. The first-order valence-electron chi connectivity index (χ1n) is 7.54. The second-order valence-electron chi connectivity index (χ2n) is 5.56. The van der Waals surface area contributed by atoms with E-state index in [1.165, 1.54) is 28.5 Å². The Labute approximate surface area is 141 Å². The molecule has 4 nitrogen and oxygen atoms in total. The van der Waals surface area contributed by atoms with Crippen molar-refractivity contribution < 1.29 is 4.39 Å². The second kappa shape index (κ2) is 6.43. The maximum Gasteiger partial charge on any atom is 0.123 e. The minimum atomic E-state index is -0.216. The van der Waals surface area contributed by atoms with Crippen molar-refractivity contribution in [1.82, 2.24) is 19.9 Å². The molecule has 1 aliphatic carbocycles. The van der Waals surface area contributed by atoms with Gasteiger partial charge in [0.05, 0.1) is 17.4 Å². The monoisotopic (exact) mass is 346 g/mol. The summed E-state index contributed by atoms with van der Waals surface area (Å²) >= 11 is 3.09. The smallest absolute Gasteiger partial charge is 0.123 e. The molecule has 7 heteroatoms. The zero-order chi connectivity index (χ0) is 15.6. The van der Waals surface area contributed by atoms with Gasteiger partial charge in [0, 0.05) is 22.4 Å². The van der Waals surface area contributed by atoms with E-state index in [9.17, 15) is 4.39 Å². The Bertz CT molecular complexity index is 783. The third kappa shape index (κ3) is 3.17. The van der Waals surface area contributed by atoms with Gasteiger partial charge in [-0.3, -0.25) is 0 Å². The van der Waals surface area contributed by atoms with Crippen LogP contribution in [0, 0.1) is 5.82 Å². The number of rotatable bonds is 4. The van der Waals surface area contributed by atoms with Crippen LogP contribution in [0.3, 0.4) is 0 Å². The van der Waals surface area contributed by atoms with Gasteiger partial charge in [0.2, 0.25) is 0 Å². The standard InChI is InChI=1S/C16H15FN4S2/c17-11-6-4-10(5-7-11)16-19-15-13(2-1-3-14(15)23-16)18-8-12-9-22-21-20-12/h4-7,9,13,18H,1-3,8H2. The lowest BCUT2D eigenvalue weighted by molar-refractivity contribution is 0.450. The molecule has 2 aromatic heterocycles. The van der Waals surface area contributed by atoms with Gasteiger partial charge in [0.1, 0.15) is 10.8 Å². The molecule has 118 valence electrons. The van der Waals surface area contributed by atoms with Crippen LogP contribution in [-0.4, -0.2) is 14.6 Å². The van der Waals surface area contributed by atoms with Crippen LogP contribution in [0.5, 0.6) is 0 Å². The maximum absolute atomic E-state index is 13.1. The molecule has 3 aromatic rings. The van der Waals surface area contributed by atoms with E-state index in [2.05, 4.69) is 14.9 Å². The molecule has 0 bridgehead atoms. The average Bonchev–Trinajstić information content (AvgIpc) is 3.23. The van der Waals surface area contributed by atoms with Gasteiger partial charge >= 0.3 is 0 Å². The number of halogens is 1. The van der Waals surface area contributed by atoms with E-state index in [4.69, 9.17) is 4.98 Å². The van der Waals surface area contributed by atoms with Crippen LogP contribution in [0.1, 0.15) is 35.1 Å². The highest BCUT2D eigenvalue weighted by molar-refractivity contribution is 7.15. The largest absolute Gasteiger partial charge is 0.303 e. The van der Waals surface area contributed by atoms with Gasteiger partial charge in [-0.05, 0) is 55.1 Å². The summed E-state index contributed by atoms with van der Waals surface area (Å²) in [5, 5.41) is 10.5. The normalized spacial score (nSPS) is 17.2. The fraction of sp³-hybridized carbons (Fsp3) is 0.312. The van der Waals surface area contributed by atoms with E-state index in [1.807, 2.05) is 5.38 Å². The van der Waals surface area contributed by atoms with Crippen molar-refractivity contribution in [2.24, 2.45) is 0 Å². The number of thiazole rings is 1. The summed E-state index contributed by atoms with van der Waals surface area (Å²) in [7, 11) is 0. The van der Waals surface area contributed by atoms with Crippen LogP contribution in [-0.2, 0) is 13.0 Å². The number of fused-ring (bicyclic) bond motifs is 1. The molecule has 1 aliphatic rings. The van der Waals surface area contributed by atoms with E-state index in [0.29, 0.717) is 6.54 Å². The van der Waals surface area contributed by atoms with Gasteiger partial charge in [-0.15, -0.1) is 16.4 Å². The molecule has 23 heavy (non-hydrogen) atoms. The van der Waals surface area contributed by atoms with Gasteiger partial charge in [-0.25, -0.2) is 9.37 Å². The van der Waals surface area contributed by atoms with Gasteiger partial charge in [0.15, 0.2) is 0 Å². The molecule has 0 saturated carbocycles. The Morgan fingerprint density at radius 2 is 2.13 bits per heavy atom. The molecule has 0 aliphatic heterocycles. The van der Waals surface area contributed by atoms with Crippen molar-refractivity contribution in [1.29, 1.82) is 0 Å². The highest BCUT2D eigenvalue weighted by Crippen LogP contribution is 2.37. The minimum Gasteiger partial charge on any atom is -0.303 e. The first kappa shape index (κ1) is 14.9. The van der Waals surface area contributed by atoms with E-state index in [1.54, 1.807) is 23.5 Å². The number of aryl methyl sites for hydroxylation is 1. The topological polar surface area (TPSA) is 50.7 Å². The zero-order valence-corrected chi connectivity index (χ0v) is 14.0. The van der Waals surface area contributed by atoms with Crippen molar-refractivity contribution in [3.63, 3.8) is 0 Å². The van der Waals surface area contributed by atoms with Crippen LogP contribution >= 0.6 is 22.9 Å². The maximum atomic E-state index is 13.1. The molecule has 0 fully saturated rings. The Balaban J connectivity index is 1.56. The highest BCUT2D eigenvalue weighted by Gasteiger charge is 2.25. The summed E-state index contributed by atoms with van der Waals surface area (Å²) in [6.45, 7) is 0.712. The zero-order valence-electron chi connectivity index (χ0n) is 12.3. The summed E-state index contributed by atoms with van der Waals surface area (Å²) in [5.74, 6) is -0.216. The minimum absolute atomic E-state index is 0.216. The summed E-state index contributed by atoms with van der Waals surface area (Å²) in [5.41, 5.74) is 3.09. The van der Waals surface area contributed by atoms with Gasteiger partial charge in [-0.2, -0.15) is 0 Å². The summed E-state index contributed by atoms with van der Waals surface area (Å²) in [4.78, 5) is 6.17. The predicted octanol–water partition coefficient (Wildman–Crippen LogP) is 3.97. The molecule has 1 atom stereocenters. The molecule has 1 aromatic carbocycles. The summed E-state index contributed by atoms with van der Waals surface area (Å²) in [6, 6.07) is 6.82. The fourth-order valence-corrected chi connectivity index (χ4v) is 4.44. The van der Waals surface area contributed by atoms with Crippen LogP contribution < -0.4 is 5.32 Å². The quantitative estimate of drug-likeness (QED) is 0.777. The van der Waals surface area contributed by atoms with E-state index >= 15 is 0 Å². The number of hydrogen-bond donors (Lipinski definition) is 1. The number of nitrogens with one attached hydrogen (secondary N) is 1. The Morgan fingerprint density at radius 1 is 1.26 bits per heavy atom. The first-order valence-corrected chi connectivity index (χ1v) is 9.20. The average molecular weight is 346 g/mol. The molecular formula is C16H15FN4S2. The first-order chi connectivity index (χ1) is 11.3. The van der Waals surface area contributed by atoms with Crippen molar-refractivity contribution in [2.45, 2.75) is 31.8 Å². The molecule has 1 N–H and O–H groups in total. The third-order valence-corrected chi connectivity index (χ3v) is 5.71. The number of hydrogen-bond acceptors (Lipinski definition) is 6. The van der Waals surface area contributed by atoms with Crippen LogP contribution in [0.15, 0.2) is 29.6 Å². The summed E-state index contributed by atoms with van der Waals surface area (Å²) < 4.78 is 17.0. The van der Waals surface area contributed by atoms with E-state index in [0.717, 1.165) is 41.2 Å². The van der Waals surface area contributed by atoms with Gasteiger partial charge in [-0.1, -0.05) is 4.49 Å². The van der Waals surface area contributed by atoms with Gasteiger partial charge in [0.25, 0.3) is 0 Å². The SMILES string of the molecule is Fc1ccc(-c2nc3c(s2)CCCC3NCc2csnn2)cc1. The highest BCUT2D eigenvalue weighted by atomic mass is 32.1. The molecular weight excluding hydrogens is 331 g/mol. The number of nitrogens with zero attached hydrogens (tertiary/aromatic N) is 3. The molecule has 1 unspecified atom stereocenters. The number of benzene rings is 1. The van der Waals surface area contributed by atoms with Crippen molar-refractivity contribution in [2.75, 3.05) is 0 Å². The molecule has 0 saturated heterocycles. The van der Waals surface area contributed by atoms with Crippen molar-refractivity contribution in [3.8, 4) is 10.6 Å². The Hall–Kier alpha value is -1.70. The molecule has 0 spiro atoms. The van der Waals surface area contributed by atoms with Gasteiger partial charge < -0.3 is 5.32 Å².